The highest BCUT2D eigenvalue weighted by atomic mass is 32.1. The Morgan fingerprint density at radius 2 is 1.88 bits per heavy atom. The van der Waals surface area contributed by atoms with Crippen molar-refractivity contribution in [2.45, 2.75) is 33.7 Å². The van der Waals surface area contributed by atoms with E-state index < -0.39 is 29.5 Å². The average Bonchev–Trinajstić information content (AvgIpc) is 3.53. The second-order valence-corrected chi connectivity index (χ2v) is 9.74. The highest BCUT2D eigenvalue weighted by Gasteiger charge is 2.48. The summed E-state index contributed by atoms with van der Waals surface area (Å²) >= 11 is 2.11. The number of amides is 1. The first-order valence-corrected chi connectivity index (χ1v) is 11.8. The zero-order valence-corrected chi connectivity index (χ0v) is 20.5. The van der Waals surface area contributed by atoms with E-state index in [1.54, 1.807) is 39.8 Å². The van der Waals surface area contributed by atoms with Crippen LogP contribution in [0, 0.1) is 27.7 Å². The van der Waals surface area contributed by atoms with Crippen molar-refractivity contribution in [3.8, 4) is 0 Å². The van der Waals surface area contributed by atoms with Crippen LogP contribution < -0.4 is 4.90 Å². The molecule has 0 radical (unpaired) electrons. The van der Waals surface area contributed by atoms with Gasteiger partial charge in [-0.05, 0) is 39.8 Å². The van der Waals surface area contributed by atoms with Gasteiger partial charge in [-0.15, -0.1) is 11.3 Å². The number of hydrogen-bond donors (Lipinski definition) is 1. The summed E-state index contributed by atoms with van der Waals surface area (Å²) in [5, 5.41) is 11.7. The predicted octanol–water partition coefficient (Wildman–Crippen LogP) is 4.55. The minimum absolute atomic E-state index is 0.0249. The van der Waals surface area contributed by atoms with Gasteiger partial charge in [0, 0.05) is 0 Å². The lowest BCUT2D eigenvalue weighted by Gasteiger charge is -2.22. The standard InChI is InChI=1S/C23H21N3O6S2/c1-6-9-31-22(30)20-12(4)25-23(34-20)26-16(14-8-7-10(2)32-14)15(18(28)21(26)29)17(27)19-11(3)24-13(5)33-19/h6-8,16,28H,1,9H2,2-5H3. The van der Waals surface area contributed by atoms with Gasteiger partial charge in [0.25, 0.3) is 5.91 Å². The van der Waals surface area contributed by atoms with Crippen LogP contribution in [-0.4, -0.2) is 39.3 Å². The van der Waals surface area contributed by atoms with Crippen LogP contribution in [0.4, 0.5) is 5.13 Å². The van der Waals surface area contributed by atoms with Gasteiger partial charge in [-0.25, -0.2) is 14.8 Å². The van der Waals surface area contributed by atoms with Crippen molar-refractivity contribution in [3.05, 3.63) is 73.8 Å². The Balaban J connectivity index is 1.82. The van der Waals surface area contributed by atoms with Crippen LogP contribution in [0.5, 0.6) is 0 Å². The second-order valence-electron chi connectivity index (χ2n) is 7.56. The summed E-state index contributed by atoms with van der Waals surface area (Å²) in [7, 11) is 0. The quantitative estimate of drug-likeness (QED) is 0.285. The Morgan fingerprint density at radius 1 is 1.18 bits per heavy atom. The van der Waals surface area contributed by atoms with Gasteiger partial charge in [0.1, 0.15) is 29.0 Å². The van der Waals surface area contributed by atoms with Crippen LogP contribution in [0.2, 0.25) is 0 Å². The molecule has 0 aromatic carbocycles. The summed E-state index contributed by atoms with van der Waals surface area (Å²) in [6, 6.07) is 2.26. The highest BCUT2D eigenvalue weighted by molar-refractivity contribution is 7.17. The molecule has 1 atom stereocenters. The van der Waals surface area contributed by atoms with Crippen molar-refractivity contribution in [2.24, 2.45) is 0 Å². The van der Waals surface area contributed by atoms with Crippen LogP contribution >= 0.6 is 22.7 Å². The molecule has 1 aliphatic heterocycles. The lowest BCUT2D eigenvalue weighted by atomic mass is 10.00. The van der Waals surface area contributed by atoms with Crippen molar-refractivity contribution in [1.82, 2.24) is 9.97 Å². The van der Waals surface area contributed by atoms with Crippen molar-refractivity contribution >= 4 is 45.5 Å². The topological polar surface area (TPSA) is 123 Å². The molecule has 0 fully saturated rings. The van der Waals surface area contributed by atoms with Gasteiger partial charge in [0.05, 0.1) is 26.8 Å². The van der Waals surface area contributed by atoms with E-state index in [1.165, 1.54) is 22.3 Å². The zero-order valence-electron chi connectivity index (χ0n) is 18.9. The highest BCUT2D eigenvalue weighted by Crippen LogP contribution is 2.44. The first-order valence-electron chi connectivity index (χ1n) is 10.2. The van der Waals surface area contributed by atoms with Crippen molar-refractivity contribution in [3.63, 3.8) is 0 Å². The van der Waals surface area contributed by atoms with E-state index >= 15 is 0 Å². The van der Waals surface area contributed by atoms with E-state index in [0.717, 1.165) is 11.3 Å². The molecule has 3 aromatic heterocycles. The number of ether oxygens (including phenoxy) is 1. The van der Waals surface area contributed by atoms with Gasteiger partial charge in [0.15, 0.2) is 10.9 Å². The fraction of sp³-hybridized carbons (Fsp3) is 0.261. The minimum Gasteiger partial charge on any atom is -0.503 e. The lowest BCUT2D eigenvalue weighted by Crippen LogP contribution is -2.30. The summed E-state index contributed by atoms with van der Waals surface area (Å²) < 4.78 is 10.9. The molecule has 176 valence electrons. The molecule has 1 aliphatic rings. The maximum absolute atomic E-state index is 13.5. The van der Waals surface area contributed by atoms with Crippen LogP contribution in [0.15, 0.2) is 40.5 Å². The molecule has 1 unspecified atom stereocenters. The number of carbonyl (C=O) groups excluding carboxylic acids is 3. The number of esters is 1. The van der Waals surface area contributed by atoms with Crippen LogP contribution in [0.3, 0.4) is 0 Å². The van der Waals surface area contributed by atoms with E-state index in [2.05, 4.69) is 16.5 Å². The number of carbonyl (C=O) groups is 3. The predicted molar refractivity (Wildman–Crippen MR) is 127 cm³/mol. The van der Waals surface area contributed by atoms with E-state index in [4.69, 9.17) is 9.15 Å². The number of hydrogen-bond acceptors (Lipinski definition) is 10. The molecule has 4 rings (SSSR count). The number of anilines is 1. The van der Waals surface area contributed by atoms with Crippen molar-refractivity contribution in [2.75, 3.05) is 11.5 Å². The van der Waals surface area contributed by atoms with Gasteiger partial charge in [-0.3, -0.25) is 14.5 Å². The largest absolute Gasteiger partial charge is 0.503 e. The minimum atomic E-state index is -1.07. The SMILES string of the molecule is C=CCOC(=O)c1sc(N2C(=O)C(O)=C(C(=O)c3sc(C)nc3C)C2c2ccc(C)o2)nc1C. The fourth-order valence-electron chi connectivity index (χ4n) is 3.64. The third kappa shape index (κ3) is 3.97. The first-order chi connectivity index (χ1) is 16.1. The van der Waals surface area contributed by atoms with Gasteiger partial charge < -0.3 is 14.3 Å². The van der Waals surface area contributed by atoms with Gasteiger partial charge >= 0.3 is 5.97 Å². The molecule has 1 amide bonds. The van der Waals surface area contributed by atoms with E-state index in [9.17, 15) is 19.5 Å². The molecule has 1 N–H and O–H groups in total. The Labute approximate surface area is 203 Å². The van der Waals surface area contributed by atoms with Crippen molar-refractivity contribution < 1.29 is 28.6 Å². The lowest BCUT2D eigenvalue weighted by molar-refractivity contribution is -0.117. The molecule has 0 saturated heterocycles. The molecule has 3 aromatic rings. The number of furan rings is 1. The number of aryl methyl sites for hydroxylation is 4. The summed E-state index contributed by atoms with van der Waals surface area (Å²) in [6.45, 7) is 10.3. The Hall–Kier alpha value is -3.57. The molecular weight excluding hydrogens is 478 g/mol. The number of thiazole rings is 2. The molecule has 34 heavy (non-hydrogen) atoms. The molecule has 0 bridgehead atoms. The van der Waals surface area contributed by atoms with Gasteiger partial charge in [-0.2, -0.15) is 0 Å². The molecule has 0 spiro atoms. The van der Waals surface area contributed by atoms with Crippen LogP contribution in [-0.2, 0) is 9.53 Å². The number of aliphatic hydroxyl groups excluding tert-OH is 1. The van der Waals surface area contributed by atoms with E-state index in [-0.39, 0.29) is 27.9 Å². The number of rotatable bonds is 7. The average molecular weight is 500 g/mol. The van der Waals surface area contributed by atoms with E-state index in [0.29, 0.717) is 27.0 Å². The number of aliphatic hydroxyl groups is 1. The normalized spacial score (nSPS) is 15.8. The Bertz CT molecular complexity index is 1360. The molecule has 9 nitrogen and oxygen atoms in total. The summed E-state index contributed by atoms with van der Waals surface area (Å²) in [5.74, 6) is -1.80. The third-order valence-corrected chi connectivity index (χ3v) is 7.31. The number of aromatic nitrogens is 2. The molecule has 0 aliphatic carbocycles. The monoisotopic (exact) mass is 499 g/mol. The summed E-state index contributed by atoms with van der Waals surface area (Å²) in [5.41, 5.74) is 0.726. The molecule has 4 heterocycles. The van der Waals surface area contributed by atoms with Crippen LogP contribution in [0.25, 0.3) is 0 Å². The van der Waals surface area contributed by atoms with E-state index in [1.807, 2.05) is 0 Å². The maximum atomic E-state index is 13.5. The van der Waals surface area contributed by atoms with Crippen LogP contribution in [0.1, 0.15) is 53.3 Å². The molecule has 0 saturated carbocycles. The molecule has 11 heteroatoms. The Kier molecular flexibility index (Phi) is 6.24. The smallest absolute Gasteiger partial charge is 0.350 e. The summed E-state index contributed by atoms with van der Waals surface area (Å²) in [4.78, 5) is 49.5. The van der Waals surface area contributed by atoms with Gasteiger partial charge in [0.2, 0.25) is 5.78 Å². The number of nitrogens with zero attached hydrogens (tertiary/aromatic N) is 3. The first kappa shape index (κ1) is 23.6. The Morgan fingerprint density at radius 3 is 2.47 bits per heavy atom. The van der Waals surface area contributed by atoms with Gasteiger partial charge in [-0.1, -0.05) is 24.0 Å². The number of Topliss-reactive ketones (excluding diaryl/α,β-unsaturated/α-hetero) is 1. The number of ketones is 1. The molecular formula is C23H21N3O6S2. The third-order valence-electron chi connectivity index (χ3n) is 5.10. The fourth-order valence-corrected chi connectivity index (χ4v) is 5.50. The zero-order chi connectivity index (χ0) is 24.7. The summed E-state index contributed by atoms with van der Waals surface area (Å²) in [6.07, 6.45) is 1.44. The van der Waals surface area contributed by atoms with Crippen molar-refractivity contribution in [1.29, 1.82) is 0 Å². The second kappa shape index (κ2) is 8.99. The maximum Gasteiger partial charge on any atom is 0.350 e.